The van der Waals surface area contributed by atoms with E-state index in [9.17, 15) is 5.48 Å². The molecule has 10 aromatic carbocycles. The molecular weight excluding hydrogens is 591 g/mol. The van der Waals surface area contributed by atoms with Crippen LogP contribution >= 0.6 is 0 Å². The third-order valence-corrected chi connectivity index (χ3v) is 9.84. The molecule has 0 unspecified atom stereocenters. The normalized spacial score (nSPS) is 12.8. The number of rotatable bonds is 4. The largest absolute Gasteiger partial charge is 0.309 e. The molecule has 49 heavy (non-hydrogen) atoms. The molecule has 0 heterocycles. The molecule has 228 valence electrons. The molecule has 0 atom stereocenters. The van der Waals surface area contributed by atoms with Crippen molar-refractivity contribution >= 4 is 81.7 Å². The van der Waals surface area contributed by atoms with Gasteiger partial charge in [0.2, 0.25) is 0 Å². The second-order valence-electron chi connectivity index (χ2n) is 12.6. The predicted molar refractivity (Wildman–Crippen MR) is 212 cm³/mol. The number of hydrogen-bond acceptors (Lipinski definition) is 1. The van der Waals surface area contributed by atoms with Crippen molar-refractivity contribution in [1.29, 1.82) is 0 Å². The van der Waals surface area contributed by atoms with Crippen molar-refractivity contribution in [3.63, 3.8) is 0 Å². The van der Waals surface area contributed by atoms with Crippen molar-refractivity contribution in [2.75, 3.05) is 4.90 Å². The van der Waals surface area contributed by atoms with Crippen LogP contribution in [-0.4, -0.2) is 0 Å². The van der Waals surface area contributed by atoms with E-state index in [1.807, 2.05) is 83.8 Å². The Morgan fingerprint density at radius 2 is 0.714 bits per heavy atom. The quantitative estimate of drug-likeness (QED) is 0.176. The zero-order chi connectivity index (χ0) is 35.8. The minimum Gasteiger partial charge on any atom is -0.309 e. The van der Waals surface area contributed by atoms with Crippen molar-refractivity contribution < 1.29 is 5.48 Å². The van der Waals surface area contributed by atoms with E-state index >= 15 is 0 Å². The second kappa shape index (κ2) is 11.1. The van der Waals surface area contributed by atoms with Crippen LogP contribution in [0.5, 0.6) is 0 Å². The summed E-state index contributed by atoms with van der Waals surface area (Å²) in [6.07, 6.45) is 0. The number of anilines is 3. The summed E-state index contributed by atoms with van der Waals surface area (Å²) in [5, 5.41) is 12.5. The molecular formula is C48H31N. The van der Waals surface area contributed by atoms with Crippen LogP contribution in [0.15, 0.2) is 188 Å². The molecule has 1 nitrogen and oxygen atoms in total. The number of hydrogen-bond donors (Lipinski definition) is 0. The monoisotopic (exact) mass is 625 g/mol. The highest BCUT2D eigenvalue weighted by Crippen LogP contribution is 2.46. The molecule has 0 saturated carbocycles. The lowest BCUT2D eigenvalue weighted by molar-refractivity contribution is 1.32. The van der Waals surface area contributed by atoms with Gasteiger partial charge in [0.1, 0.15) is 0 Å². The molecule has 0 aliphatic heterocycles. The van der Waals surface area contributed by atoms with Gasteiger partial charge in [-0.15, -0.1) is 0 Å². The van der Waals surface area contributed by atoms with E-state index in [1.165, 1.54) is 0 Å². The lowest BCUT2D eigenvalue weighted by Crippen LogP contribution is -2.11. The first-order valence-corrected chi connectivity index (χ1v) is 16.6. The van der Waals surface area contributed by atoms with Crippen LogP contribution in [0.3, 0.4) is 0 Å². The summed E-state index contributed by atoms with van der Waals surface area (Å²) < 4.78 is 38.7. The maximum absolute atomic E-state index is 9.76. The van der Waals surface area contributed by atoms with E-state index in [0.717, 1.165) is 76.0 Å². The van der Waals surface area contributed by atoms with Crippen LogP contribution in [0.25, 0.3) is 75.8 Å². The molecule has 0 N–H and O–H groups in total. The van der Waals surface area contributed by atoms with Gasteiger partial charge in [0.15, 0.2) is 0 Å². The molecule has 0 saturated heterocycles. The van der Waals surface area contributed by atoms with E-state index < -0.39 is 0 Å². The van der Waals surface area contributed by atoms with Crippen LogP contribution in [0.1, 0.15) is 5.48 Å². The first kappa shape index (κ1) is 23.8. The molecule has 0 spiro atoms. The fourth-order valence-corrected chi connectivity index (χ4v) is 7.53. The van der Waals surface area contributed by atoms with E-state index in [0.29, 0.717) is 5.56 Å². The van der Waals surface area contributed by atoms with Gasteiger partial charge in [0.05, 0.1) is 16.9 Å². The van der Waals surface area contributed by atoms with Crippen LogP contribution in [0, 0.1) is 0 Å². The van der Waals surface area contributed by atoms with E-state index in [2.05, 4.69) is 84.9 Å². The molecule has 10 rings (SSSR count). The van der Waals surface area contributed by atoms with E-state index in [1.54, 1.807) is 0 Å². The minimum atomic E-state index is -0.103. The average molecular weight is 626 g/mol. The fraction of sp³-hybridized carbons (Fsp3) is 0. The zero-order valence-electron chi connectivity index (χ0n) is 30.5. The summed E-state index contributed by atoms with van der Waals surface area (Å²) in [7, 11) is 0. The Kier molecular flexibility index (Phi) is 5.38. The Hall–Kier alpha value is -6.44. The van der Waals surface area contributed by atoms with Crippen molar-refractivity contribution in [2.45, 2.75) is 0 Å². The van der Waals surface area contributed by atoms with Crippen LogP contribution in [0.4, 0.5) is 17.1 Å². The lowest BCUT2D eigenvalue weighted by Gasteiger charge is -2.29. The third-order valence-electron chi connectivity index (χ3n) is 9.84. The Balaban J connectivity index is 1.31. The van der Waals surface area contributed by atoms with Crippen molar-refractivity contribution in [3.05, 3.63) is 188 Å². The minimum absolute atomic E-state index is 0.0826. The van der Waals surface area contributed by atoms with Gasteiger partial charge >= 0.3 is 0 Å². The predicted octanol–water partition coefficient (Wildman–Crippen LogP) is 13.7. The van der Waals surface area contributed by atoms with Gasteiger partial charge in [-0.1, -0.05) is 158 Å². The first-order valence-electron chi connectivity index (χ1n) is 18.6. The summed E-state index contributed by atoms with van der Waals surface area (Å²) in [6, 6.07) is 55.2. The van der Waals surface area contributed by atoms with Crippen molar-refractivity contribution in [1.82, 2.24) is 0 Å². The second-order valence-corrected chi connectivity index (χ2v) is 12.6. The zero-order valence-corrected chi connectivity index (χ0v) is 26.5. The van der Waals surface area contributed by atoms with Crippen LogP contribution in [-0.2, 0) is 0 Å². The summed E-state index contributed by atoms with van der Waals surface area (Å²) in [5.41, 5.74) is 2.70. The number of benzene rings is 10. The lowest BCUT2D eigenvalue weighted by atomic mass is 9.95. The Morgan fingerprint density at radius 3 is 1.27 bits per heavy atom. The topological polar surface area (TPSA) is 3.24 Å². The summed E-state index contributed by atoms with van der Waals surface area (Å²) in [4.78, 5) is 1.97. The molecule has 1 heteroatoms. The molecule has 0 aromatic heterocycles. The third kappa shape index (κ3) is 4.47. The molecule has 0 radical (unpaired) electrons. The van der Waals surface area contributed by atoms with E-state index in [-0.39, 0.29) is 35.4 Å². The van der Waals surface area contributed by atoms with Crippen LogP contribution in [0.2, 0.25) is 0 Å². The smallest absolute Gasteiger partial charge is 0.0645 e. The van der Waals surface area contributed by atoms with Crippen molar-refractivity contribution in [3.8, 4) is 11.1 Å². The van der Waals surface area contributed by atoms with Gasteiger partial charge in [-0.25, -0.2) is 0 Å². The van der Waals surface area contributed by atoms with E-state index in [4.69, 9.17) is 0 Å². The first-order chi connectivity index (χ1) is 26.0. The standard InChI is InChI=1S/C48H31N/c1-4-14-39-33(11-1)21-22-34-23-24-35(29-46(34)39)32-25-27-38(28-26-32)49(47-30-36-12-2-5-15-40(36)42-17-7-9-19-44(42)47)48-31-37-13-3-6-16-41(37)43-18-8-10-20-45(43)48/h1-31H/i25D,26D,27D,28D. The van der Waals surface area contributed by atoms with Gasteiger partial charge in [-0.2, -0.15) is 0 Å². The Labute approximate surface area is 290 Å². The summed E-state index contributed by atoms with van der Waals surface area (Å²) in [6.45, 7) is 0. The molecule has 0 aliphatic carbocycles. The van der Waals surface area contributed by atoms with Crippen molar-refractivity contribution in [2.24, 2.45) is 0 Å². The number of fused-ring (bicyclic) bond motifs is 9. The fourth-order valence-electron chi connectivity index (χ4n) is 7.53. The van der Waals surface area contributed by atoms with Crippen LogP contribution < -0.4 is 4.90 Å². The average Bonchev–Trinajstić information content (AvgIpc) is 3.21. The Morgan fingerprint density at radius 1 is 0.306 bits per heavy atom. The highest BCUT2D eigenvalue weighted by molar-refractivity contribution is 6.18. The molecule has 0 amide bonds. The van der Waals surface area contributed by atoms with Gasteiger partial charge in [-0.3, -0.25) is 0 Å². The highest BCUT2D eigenvalue weighted by Gasteiger charge is 2.20. The van der Waals surface area contributed by atoms with Gasteiger partial charge < -0.3 is 4.90 Å². The maximum atomic E-state index is 9.76. The summed E-state index contributed by atoms with van der Waals surface area (Å²) >= 11 is 0. The Bertz CT molecular complexity index is 2980. The maximum Gasteiger partial charge on any atom is 0.0645 e. The van der Waals surface area contributed by atoms with Gasteiger partial charge in [0.25, 0.3) is 0 Å². The SMILES string of the molecule is [2H]c1c([2H])c(N(c2cc3ccccc3c3ccccc23)c2cc3ccccc3c3ccccc23)c([2H])c([2H])c1-c1ccc2ccc3ccccc3c2c1. The molecule has 0 bridgehead atoms. The number of nitrogens with zero attached hydrogens (tertiary/aromatic N) is 1. The molecule has 10 aromatic rings. The van der Waals surface area contributed by atoms with Gasteiger partial charge in [-0.05, 0) is 95.3 Å². The molecule has 0 aliphatic rings. The molecule has 0 fully saturated rings. The summed E-state index contributed by atoms with van der Waals surface area (Å²) in [5.74, 6) is 0. The van der Waals surface area contributed by atoms with Gasteiger partial charge in [0, 0.05) is 16.5 Å². The highest BCUT2D eigenvalue weighted by atomic mass is 15.1.